The highest BCUT2D eigenvalue weighted by Gasteiger charge is 2.88. The maximum Gasteiger partial charge on any atom is 0.309 e. The lowest BCUT2D eigenvalue weighted by Gasteiger charge is -2.11. The normalized spacial score (nSPS) is 58.0. The first-order chi connectivity index (χ1) is 5.96. The summed E-state index contributed by atoms with van der Waals surface area (Å²) in [4.78, 5) is 11.1. The molecule has 1 spiro atoms. The second-order valence-electron chi connectivity index (χ2n) is 5.76. The zero-order valence-corrected chi connectivity index (χ0v) is 8.26. The summed E-state index contributed by atoms with van der Waals surface area (Å²) in [5.74, 6) is 0.283. The molecule has 1 N–H and O–H groups in total. The molecular weight excluding hydrogens is 164 g/mol. The number of carboxylic acids is 1. The van der Waals surface area contributed by atoms with Crippen LogP contribution in [0.3, 0.4) is 0 Å². The monoisotopic (exact) mass is 180 g/mol. The molecule has 2 heteroatoms. The molecule has 3 unspecified atom stereocenters. The third-order valence-corrected chi connectivity index (χ3v) is 5.17. The van der Waals surface area contributed by atoms with Crippen LogP contribution in [-0.4, -0.2) is 11.1 Å². The number of carboxylic acid groups (broad SMARTS) is 1. The van der Waals surface area contributed by atoms with Crippen LogP contribution in [-0.2, 0) is 4.79 Å². The Bertz CT molecular complexity index is 307. The molecule has 0 aliphatic heterocycles. The summed E-state index contributed by atoms with van der Waals surface area (Å²) < 4.78 is 0. The van der Waals surface area contributed by atoms with Crippen molar-refractivity contribution in [3.63, 3.8) is 0 Å². The fraction of sp³-hybridized carbons (Fsp3) is 0.909. The van der Waals surface area contributed by atoms with E-state index in [-0.39, 0.29) is 10.8 Å². The molecule has 3 aliphatic carbocycles. The van der Waals surface area contributed by atoms with Gasteiger partial charge in [-0.25, -0.2) is 0 Å². The van der Waals surface area contributed by atoms with Crippen LogP contribution in [0.25, 0.3) is 0 Å². The average molecular weight is 180 g/mol. The molecule has 0 heterocycles. The van der Waals surface area contributed by atoms with Gasteiger partial charge in [0.1, 0.15) is 0 Å². The minimum absolute atomic E-state index is 0.215. The lowest BCUT2D eigenvalue weighted by Crippen LogP contribution is -2.16. The molecule has 0 aromatic heterocycles. The zero-order valence-electron chi connectivity index (χ0n) is 8.26. The number of aliphatic carboxylic acids is 1. The van der Waals surface area contributed by atoms with Crippen LogP contribution < -0.4 is 0 Å². The Morgan fingerprint density at radius 1 is 1.31 bits per heavy atom. The van der Waals surface area contributed by atoms with Crippen LogP contribution in [0.15, 0.2) is 0 Å². The minimum Gasteiger partial charge on any atom is -0.481 e. The smallest absolute Gasteiger partial charge is 0.309 e. The first kappa shape index (κ1) is 7.84. The van der Waals surface area contributed by atoms with Gasteiger partial charge in [-0.1, -0.05) is 6.92 Å². The molecule has 0 aromatic carbocycles. The molecule has 2 nitrogen and oxygen atoms in total. The van der Waals surface area contributed by atoms with E-state index >= 15 is 0 Å². The van der Waals surface area contributed by atoms with Crippen molar-refractivity contribution in [2.24, 2.45) is 22.2 Å². The van der Waals surface area contributed by atoms with Crippen LogP contribution in [0, 0.1) is 22.2 Å². The number of hydrogen-bond acceptors (Lipinski definition) is 1. The number of carbonyl (C=O) groups is 1. The second-order valence-corrected chi connectivity index (χ2v) is 5.76. The van der Waals surface area contributed by atoms with Gasteiger partial charge in [0, 0.05) is 0 Å². The van der Waals surface area contributed by atoms with Gasteiger partial charge < -0.3 is 5.11 Å². The standard InChI is InChI=1S/C11H16O2/c1-9(7-3-4-7)5-11(9)6-10(11,2)8(12)13/h7H,3-6H2,1-2H3,(H,12,13). The van der Waals surface area contributed by atoms with E-state index in [1.807, 2.05) is 6.92 Å². The van der Waals surface area contributed by atoms with E-state index in [0.29, 0.717) is 5.41 Å². The SMILES string of the molecule is CC1(C(=O)O)CC12CC2(C)C1CC1. The fourth-order valence-electron chi connectivity index (χ4n) is 3.77. The molecule has 0 aromatic rings. The van der Waals surface area contributed by atoms with Gasteiger partial charge in [0.05, 0.1) is 5.41 Å². The fourth-order valence-corrected chi connectivity index (χ4v) is 3.77. The third-order valence-electron chi connectivity index (χ3n) is 5.17. The first-order valence-corrected chi connectivity index (χ1v) is 5.20. The van der Waals surface area contributed by atoms with Crippen molar-refractivity contribution in [1.29, 1.82) is 0 Å². The van der Waals surface area contributed by atoms with Gasteiger partial charge in [0.2, 0.25) is 0 Å². The Morgan fingerprint density at radius 2 is 1.92 bits per heavy atom. The molecule has 3 atom stereocenters. The Kier molecular flexibility index (Phi) is 1.00. The Labute approximate surface area is 78.3 Å². The van der Waals surface area contributed by atoms with Crippen molar-refractivity contribution in [1.82, 2.24) is 0 Å². The molecule has 0 bridgehead atoms. The summed E-state index contributed by atoms with van der Waals surface area (Å²) in [5.41, 5.74) is 0.247. The zero-order chi connectivity index (χ0) is 9.48. The van der Waals surface area contributed by atoms with E-state index < -0.39 is 5.97 Å². The number of hydrogen-bond donors (Lipinski definition) is 1. The summed E-state index contributed by atoms with van der Waals surface area (Å²) in [6.07, 6.45) is 4.79. The molecule has 3 rings (SSSR count). The van der Waals surface area contributed by atoms with Crippen LogP contribution in [0.5, 0.6) is 0 Å². The summed E-state index contributed by atoms with van der Waals surface area (Å²) in [6.45, 7) is 4.24. The molecule has 3 aliphatic rings. The Morgan fingerprint density at radius 3 is 2.31 bits per heavy atom. The molecule has 0 saturated heterocycles. The average Bonchev–Trinajstić information content (AvgIpc) is 2.78. The summed E-state index contributed by atoms with van der Waals surface area (Å²) >= 11 is 0. The van der Waals surface area contributed by atoms with Gasteiger partial charge in [0.25, 0.3) is 0 Å². The molecule has 72 valence electrons. The van der Waals surface area contributed by atoms with Crippen molar-refractivity contribution in [2.75, 3.05) is 0 Å². The molecule has 3 fully saturated rings. The van der Waals surface area contributed by atoms with Crippen molar-refractivity contribution in [3.05, 3.63) is 0 Å². The minimum atomic E-state index is -0.572. The van der Waals surface area contributed by atoms with Gasteiger partial charge in [-0.2, -0.15) is 0 Å². The molecular formula is C11H16O2. The lowest BCUT2D eigenvalue weighted by molar-refractivity contribution is -0.143. The lowest BCUT2D eigenvalue weighted by atomic mass is 9.93. The molecule has 13 heavy (non-hydrogen) atoms. The maximum absolute atomic E-state index is 11.1. The molecule has 0 radical (unpaired) electrons. The van der Waals surface area contributed by atoms with Crippen LogP contribution in [0.2, 0.25) is 0 Å². The van der Waals surface area contributed by atoms with Gasteiger partial charge in [-0.05, 0) is 49.4 Å². The van der Waals surface area contributed by atoms with E-state index in [4.69, 9.17) is 5.11 Å². The topological polar surface area (TPSA) is 37.3 Å². The van der Waals surface area contributed by atoms with Crippen molar-refractivity contribution >= 4 is 5.97 Å². The quantitative estimate of drug-likeness (QED) is 0.708. The van der Waals surface area contributed by atoms with E-state index in [2.05, 4.69) is 6.92 Å². The van der Waals surface area contributed by atoms with Crippen LogP contribution in [0.1, 0.15) is 39.5 Å². The van der Waals surface area contributed by atoms with Crippen molar-refractivity contribution in [3.8, 4) is 0 Å². The Hall–Kier alpha value is -0.530. The molecule has 0 amide bonds. The van der Waals surface area contributed by atoms with E-state index in [1.54, 1.807) is 0 Å². The van der Waals surface area contributed by atoms with Gasteiger partial charge in [0.15, 0.2) is 0 Å². The molecule has 3 saturated carbocycles. The highest BCUT2D eigenvalue weighted by Crippen LogP contribution is 2.91. The Balaban J connectivity index is 1.87. The first-order valence-electron chi connectivity index (χ1n) is 5.20. The van der Waals surface area contributed by atoms with Crippen LogP contribution >= 0.6 is 0 Å². The summed E-state index contributed by atoms with van der Waals surface area (Å²) in [5, 5.41) is 9.12. The predicted octanol–water partition coefficient (Wildman–Crippen LogP) is 2.29. The van der Waals surface area contributed by atoms with E-state index in [0.717, 1.165) is 12.3 Å². The highest BCUT2D eigenvalue weighted by molar-refractivity contribution is 5.81. The largest absolute Gasteiger partial charge is 0.481 e. The van der Waals surface area contributed by atoms with E-state index in [9.17, 15) is 4.79 Å². The maximum atomic E-state index is 11.1. The summed E-state index contributed by atoms with van der Waals surface area (Å²) in [6, 6.07) is 0. The third kappa shape index (κ3) is 0.628. The van der Waals surface area contributed by atoms with Crippen LogP contribution in [0.4, 0.5) is 0 Å². The van der Waals surface area contributed by atoms with Crippen molar-refractivity contribution < 1.29 is 9.90 Å². The predicted molar refractivity (Wildman–Crippen MR) is 48.2 cm³/mol. The number of rotatable bonds is 2. The van der Waals surface area contributed by atoms with Gasteiger partial charge >= 0.3 is 5.97 Å². The summed E-state index contributed by atoms with van der Waals surface area (Å²) in [7, 11) is 0. The highest BCUT2D eigenvalue weighted by atomic mass is 16.4. The van der Waals surface area contributed by atoms with Gasteiger partial charge in [-0.3, -0.25) is 4.79 Å². The van der Waals surface area contributed by atoms with Crippen molar-refractivity contribution in [2.45, 2.75) is 39.5 Å². The van der Waals surface area contributed by atoms with Gasteiger partial charge in [-0.15, -0.1) is 0 Å². The second kappa shape index (κ2) is 1.67. The van der Waals surface area contributed by atoms with E-state index in [1.165, 1.54) is 19.3 Å².